The number of nitrogens with one attached hydrogen (secondary N) is 1. The molecule has 4 rings (SSSR count). The monoisotopic (exact) mass is 434 g/mol. The predicted octanol–water partition coefficient (Wildman–Crippen LogP) is 3.28. The maximum atomic E-state index is 14.4. The van der Waals surface area contributed by atoms with Gasteiger partial charge in [-0.2, -0.15) is 0 Å². The number of rotatable bonds is 5. The molecule has 0 radical (unpaired) electrons. The van der Waals surface area contributed by atoms with Crippen LogP contribution in [-0.2, 0) is 14.8 Å². The minimum Gasteiger partial charge on any atom is -0.341 e. The molecule has 2 aromatic rings. The Morgan fingerprint density at radius 1 is 1.10 bits per heavy atom. The molecule has 1 aliphatic heterocycles. The summed E-state index contributed by atoms with van der Waals surface area (Å²) in [6, 6.07) is 10.6. The number of hydrogen-bond donors (Lipinski definition) is 1. The third kappa shape index (κ3) is 4.39. The highest BCUT2D eigenvalue weighted by Crippen LogP contribution is 2.51. The fourth-order valence-electron chi connectivity index (χ4n) is 4.43. The first-order chi connectivity index (χ1) is 14.2. The number of sulfonamides is 1. The lowest BCUT2D eigenvalue weighted by Gasteiger charge is -2.33. The highest BCUT2D eigenvalue weighted by atomic mass is 32.2. The van der Waals surface area contributed by atoms with Gasteiger partial charge < -0.3 is 4.90 Å². The molecular formula is C22H24F2N2O3S. The zero-order valence-electron chi connectivity index (χ0n) is 16.6. The lowest BCUT2D eigenvalue weighted by atomic mass is 9.95. The van der Waals surface area contributed by atoms with Crippen LogP contribution in [-0.4, -0.2) is 44.6 Å². The molecule has 2 aliphatic rings. The number of halogens is 2. The molecule has 0 bridgehead atoms. The molecule has 0 unspecified atom stereocenters. The van der Waals surface area contributed by atoms with Gasteiger partial charge in [-0.15, -0.1) is 0 Å². The summed E-state index contributed by atoms with van der Waals surface area (Å²) >= 11 is 0. The zero-order chi connectivity index (χ0) is 21.5. The van der Waals surface area contributed by atoms with Crippen molar-refractivity contribution in [2.24, 2.45) is 5.92 Å². The summed E-state index contributed by atoms with van der Waals surface area (Å²) in [5.41, 5.74) is 1.17. The molecule has 1 saturated carbocycles. The molecule has 0 spiro atoms. The van der Waals surface area contributed by atoms with Crippen LogP contribution in [0.3, 0.4) is 0 Å². The molecular weight excluding hydrogens is 410 g/mol. The second-order valence-corrected chi connectivity index (χ2v) is 9.93. The second-order valence-electron chi connectivity index (χ2n) is 8.15. The van der Waals surface area contributed by atoms with E-state index in [2.05, 4.69) is 4.72 Å². The van der Waals surface area contributed by atoms with Gasteiger partial charge in [0.2, 0.25) is 15.9 Å². The summed E-state index contributed by atoms with van der Waals surface area (Å²) < 4.78 is 54.3. The van der Waals surface area contributed by atoms with Crippen LogP contribution in [0.15, 0.2) is 42.5 Å². The number of likely N-dealkylation sites (tertiary alicyclic amines) is 1. The number of carbonyl (C=O) groups excluding carboxylic acids is 1. The maximum Gasteiger partial charge on any atom is 0.226 e. The molecule has 30 heavy (non-hydrogen) atoms. The molecule has 160 valence electrons. The minimum atomic E-state index is -3.33. The summed E-state index contributed by atoms with van der Waals surface area (Å²) in [6.45, 7) is 0.937. The van der Waals surface area contributed by atoms with E-state index >= 15 is 0 Å². The molecule has 0 aromatic heterocycles. The third-order valence-electron chi connectivity index (χ3n) is 5.81. The fraction of sp³-hybridized carbons (Fsp3) is 0.409. The van der Waals surface area contributed by atoms with Gasteiger partial charge in [0.1, 0.15) is 11.6 Å². The van der Waals surface area contributed by atoms with E-state index in [4.69, 9.17) is 0 Å². The van der Waals surface area contributed by atoms with Crippen LogP contribution in [0, 0.1) is 17.6 Å². The van der Waals surface area contributed by atoms with Crippen molar-refractivity contribution in [1.82, 2.24) is 9.62 Å². The van der Waals surface area contributed by atoms with Crippen molar-refractivity contribution in [1.29, 1.82) is 0 Å². The van der Waals surface area contributed by atoms with Gasteiger partial charge in [0.25, 0.3) is 0 Å². The largest absolute Gasteiger partial charge is 0.341 e. The summed E-state index contributed by atoms with van der Waals surface area (Å²) in [7, 11) is -3.33. The Bertz CT molecular complexity index is 1050. The lowest BCUT2D eigenvalue weighted by Crippen LogP contribution is -2.49. The molecule has 1 aliphatic carbocycles. The van der Waals surface area contributed by atoms with E-state index in [1.54, 1.807) is 17.0 Å². The van der Waals surface area contributed by atoms with Gasteiger partial charge in [-0.05, 0) is 48.4 Å². The van der Waals surface area contributed by atoms with Crippen LogP contribution >= 0.6 is 0 Å². The molecule has 1 saturated heterocycles. The van der Waals surface area contributed by atoms with Crippen LogP contribution in [0.25, 0.3) is 11.1 Å². The van der Waals surface area contributed by atoms with Crippen LogP contribution in [0.1, 0.15) is 30.7 Å². The number of benzene rings is 2. The zero-order valence-corrected chi connectivity index (χ0v) is 17.5. The molecule has 1 N–H and O–H groups in total. The van der Waals surface area contributed by atoms with Crippen molar-refractivity contribution in [3.8, 4) is 11.1 Å². The van der Waals surface area contributed by atoms with Gasteiger partial charge >= 0.3 is 0 Å². The predicted molar refractivity (Wildman–Crippen MR) is 110 cm³/mol. The highest BCUT2D eigenvalue weighted by molar-refractivity contribution is 7.88. The van der Waals surface area contributed by atoms with Gasteiger partial charge in [-0.1, -0.05) is 30.3 Å². The molecule has 1 amide bonds. The van der Waals surface area contributed by atoms with Crippen molar-refractivity contribution in [2.45, 2.75) is 31.2 Å². The van der Waals surface area contributed by atoms with Crippen molar-refractivity contribution in [2.75, 3.05) is 19.3 Å². The Balaban J connectivity index is 1.52. The number of piperidine rings is 1. The Labute approximate surface area is 175 Å². The van der Waals surface area contributed by atoms with Crippen molar-refractivity contribution >= 4 is 15.9 Å². The molecule has 3 atom stereocenters. The summed E-state index contributed by atoms with van der Waals surface area (Å²) in [4.78, 5) is 14.7. The first-order valence-electron chi connectivity index (χ1n) is 10.0. The number of hydrogen-bond acceptors (Lipinski definition) is 3. The minimum absolute atomic E-state index is 0.0243. The van der Waals surface area contributed by atoms with Crippen LogP contribution in [0.5, 0.6) is 0 Å². The van der Waals surface area contributed by atoms with Crippen molar-refractivity contribution < 1.29 is 22.0 Å². The smallest absolute Gasteiger partial charge is 0.226 e. The summed E-state index contributed by atoms with van der Waals surface area (Å²) in [5, 5.41) is 0. The first-order valence-corrected chi connectivity index (χ1v) is 11.9. The van der Waals surface area contributed by atoms with Gasteiger partial charge in [0.05, 0.1) is 11.8 Å². The quantitative estimate of drug-likeness (QED) is 0.786. The van der Waals surface area contributed by atoms with Crippen LogP contribution in [0.2, 0.25) is 0 Å². The summed E-state index contributed by atoms with van der Waals surface area (Å²) in [6.07, 6.45) is 3.16. The molecule has 1 heterocycles. The van der Waals surface area contributed by atoms with E-state index < -0.39 is 21.7 Å². The molecule has 8 heteroatoms. The summed E-state index contributed by atoms with van der Waals surface area (Å²) in [5.74, 6) is -1.63. The number of carbonyl (C=O) groups is 1. The van der Waals surface area contributed by atoms with E-state index in [0.717, 1.165) is 18.2 Å². The Hall–Kier alpha value is -2.32. The Morgan fingerprint density at radius 2 is 1.80 bits per heavy atom. The molecule has 2 fully saturated rings. The van der Waals surface area contributed by atoms with Gasteiger partial charge in [-0.25, -0.2) is 21.9 Å². The fourth-order valence-corrected chi connectivity index (χ4v) is 5.22. The SMILES string of the molecule is CS(=O)(=O)N[C@@H]1CCCN(C(=O)[C@@H]2C[C@H]2c2ccccc2-c2c(F)cccc2F)C1. The average molecular weight is 435 g/mol. The normalized spacial score (nSPS) is 24.0. The van der Waals surface area contributed by atoms with E-state index in [9.17, 15) is 22.0 Å². The van der Waals surface area contributed by atoms with Gasteiger partial charge in [0.15, 0.2) is 0 Å². The first kappa shape index (κ1) is 20.9. The topological polar surface area (TPSA) is 66.5 Å². The molecule has 2 aromatic carbocycles. The van der Waals surface area contributed by atoms with Gasteiger partial charge in [0, 0.05) is 25.0 Å². The third-order valence-corrected chi connectivity index (χ3v) is 6.58. The van der Waals surface area contributed by atoms with Crippen molar-refractivity contribution in [3.63, 3.8) is 0 Å². The van der Waals surface area contributed by atoms with E-state index in [0.29, 0.717) is 31.5 Å². The second kappa shape index (κ2) is 8.07. The molecule has 5 nitrogen and oxygen atoms in total. The lowest BCUT2D eigenvalue weighted by molar-refractivity contribution is -0.133. The van der Waals surface area contributed by atoms with E-state index in [1.165, 1.54) is 18.2 Å². The Morgan fingerprint density at radius 3 is 2.50 bits per heavy atom. The van der Waals surface area contributed by atoms with E-state index in [1.807, 2.05) is 12.1 Å². The highest BCUT2D eigenvalue weighted by Gasteiger charge is 2.47. The van der Waals surface area contributed by atoms with Crippen molar-refractivity contribution in [3.05, 3.63) is 59.7 Å². The standard InChI is InChI=1S/C22H24F2N2O3S/c1-30(28,29)25-14-6-5-11-26(13-14)22(27)18-12-17(18)15-7-2-3-8-16(15)21-19(23)9-4-10-20(21)24/h2-4,7-10,14,17-18,25H,5-6,11-13H2,1H3/t14-,17+,18-/m1/s1. The number of nitrogens with zero attached hydrogens (tertiary/aromatic N) is 1. The number of amides is 1. The van der Waals surface area contributed by atoms with Gasteiger partial charge in [-0.3, -0.25) is 4.79 Å². The maximum absolute atomic E-state index is 14.4. The Kier molecular flexibility index (Phi) is 5.63. The van der Waals surface area contributed by atoms with E-state index in [-0.39, 0.29) is 29.3 Å². The van der Waals surface area contributed by atoms with Crippen LogP contribution in [0.4, 0.5) is 8.78 Å². The average Bonchev–Trinajstić information content (AvgIpc) is 3.47. The van der Waals surface area contributed by atoms with Crippen LogP contribution < -0.4 is 4.72 Å².